The first-order valence-corrected chi connectivity index (χ1v) is 6.85. The average Bonchev–Trinajstić information content (AvgIpc) is 2.88. The molecule has 0 atom stereocenters. The summed E-state index contributed by atoms with van der Waals surface area (Å²) >= 11 is 0. The van der Waals surface area contributed by atoms with Gasteiger partial charge in [-0.15, -0.1) is 24.0 Å². The van der Waals surface area contributed by atoms with E-state index in [1.54, 1.807) is 0 Å². The van der Waals surface area contributed by atoms with Crippen LogP contribution in [0.25, 0.3) is 11.0 Å². The number of hydrogen-bond acceptors (Lipinski definition) is 4. The molecule has 2 heterocycles. The number of imidazole rings is 1. The molecule has 108 valence electrons. The van der Waals surface area contributed by atoms with Crippen LogP contribution in [0.1, 0.15) is 12.8 Å². The second-order valence-electron chi connectivity index (χ2n) is 4.72. The summed E-state index contributed by atoms with van der Waals surface area (Å²) in [6, 6.07) is 8.24. The lowest BCUT2D eigenvalue weighted by Crippen LogP contribution is -2.41. The van der Waals surface area contributed by atoms with Crippen molar-refractivity contribution in [3.05, 3.63) is 30.6 Å². The Hall–Kier alpha value is -1.31. The molecule has 0 fully saturated rings. The number of aryl methyl sites for hydroxylation is 1. The van der Waals surface area contributed by atoms with Gasteiger partial charge in [0.2, 0.25) is 0 Å². The Bertz CT molecular complexity index is 578. The molecule has 2 aromatic rings. The van der Waals surface area contributed by atoms with Crippen molar-refractivity contribution in [2.24, 2.45) is 4.99 Å². The molecule has 0 amide bonds. The maximum Gasteiger partial charge on any atom is 0.191 e. The summed E-state index contributed by atoms with van der Waals surface area (Å²) in [5, 5.41) is 6.60. The zero-order valence-corrected chi connectivity index (χ0v) is 13.7. The summed E-state index contributed by atoms with van der Waals surface area (Å²) in [6.45, 7) is 3.86. The number of para-hydroxylation sites is 2. The Balaban J connectivity index is 0.00000147. The van der Waals surface area contributed by atoms with Gasteiger partial charge in [0, 0.05) is 26.2 Å². The van der Waals surface area contributed by atoms with E-state index in [9.17, 15) is 0 Å². The van der Waals surface area contributed by atoms with E-state index >= 15 is 0 Å². The van der Waals surface area contributed by atoms with E-state index in [2.05, 4.69) is 37.3 Å². The summed E-state index contributed by atoms with van der Waals surface area (Å²) in [6.07, 6.45) is 4.11. The third-order valence-corrected chi connectivity index (χ3v) is 3.29. The first kappa shape index (κ1) is 15.1. The second-order valence-corrected chi connectivity index (χ2v) is 4.72. The van der Waals surface area contributed by atoms with Gasteiger partial charge in [-0.05, 0) is 25.0 Å². The van der Waals surface area contributed by atoms with E-state index in [1.165, 1.54) is 5.52 Å². The van der Waals surface area contributed by atoms with Crippen LogP contribution in [0.5, 0.6) is 0 Å². The number of nitrogens with one attached hydrogen (secondary N) is 2. The van der Waals surface area contributed by atoms with Crippen LogP contribution >= 0.6 is 24.0 Å². The molecule has 0 radical (unpaired) electrons. The zero-order valence-electron chi connectivity index (χ0n) is 11.4. The van der Waals surface area contributed by atoms with E-state index in [0.29, 0.717) is 0 Å². The summed E-state index contributed by atoms with van der Waals surface area (Å²) in [7, 11) is 0. The van der Waals surface area contributed by atoms with Crippen molar-refractivity contribution in [3.8, 4) is 0 Å². The van der Waals surface area contributed by atoms with Crippen LogP contribution in [0.3, 0.4) is 0 Å². The Kier molecular flexibility index (Phi) is 5.63. The minimum absolute atomic E-state index is 0. The lowest BCUT2D eigenvalue weighted by Gasteiger charge is -2.15. The van der Waals surface area contributed by atoms with Gasteiger partial charge in [0.25, 0.3) is 0 Å². The number of benzene rings is 1. The summed E-state index contributed by atoms with van der Waals surface area (Å²) in [4.78, 5) is 8.78. The van der Waals surface area contributed by atoms with Crippen LogP contribution in [-0.4, -0.2) is 35.1 Å². The van der Waals surface area contributed by atoms with Crippen molar-refractivity contribution in [1.82, 2.24) is 20.2 Å². The van der Waals surface area contributed by atoms with Gasteiger partial charge in [0.1, 0.15) is 0 Å². The van der Waals surface area contributed by atoms with Crippen LogP contribution in [0, 0.1) is 0 Å². The van der Waals surface area contributed by atoms with Gasteiger partial charge >= 0.3 is 0 Å². The van der Waals surface area contributed by atoms with Crippen molar-refractivity contribution in [1.29, 1.82) is 0 Å². The minimum Gasteiger partial charge on any atom is -0.356 e. The van der Waals surface area contributed by atoms with Crippen LogP contribution in [0.2, 0.25) is 0 Å². The summed E-state index contributed by atoms with van der Waals surface area (Å²) in [5.41, 5.74) is 2.27. The Morgan fingerprint density at radius 1 is 1.30 bits per heavy atom. The van der Waals surface area contributed by atoms with Crippen molar-refractivity contribution < 1.29 is 0 Å². The van der Waals surface area contributed by atoms with Crippen molar-refractivity contribution in [3.63, 3.8) is 0 Å². The lowest BCUT2D eigenvalue weighted by atomic mass is 10.3. The predicted octanol–water partition coefficient (Wildman–Crippen LogP) is 1.98. The number of guanidine groups is 1. The molecule has 0 spiro atoms. The highest BCUT2D eigenvalue weighted by molar-refractivity contribution is 14.0. The van der Waals surface area contributed by atoms with Crippen molar-refractivity contribution >= 4 is 41.0 Å². The number of hydrogen-bond donors (Lipinski definition) is 2. The number of aromatic nitrogens is 2. The maximum absolute atomic E-state index is 4.39. The number of rotatable bonds is 4. The van der Waals surface area contributed by atoms with E-state index in [-0.39, 0.29) is 24.0 Å². The molecule has 20 heavy (non-hydrogen) atoms. The van der Waals surface area contributed by atoms with Gasteiger partial charge < -0.3 is 15.2 Å². The standard InChI is InChI=1S/C14H19N5.HI/c1-2-6-13-12(5-1)18-11-19(13)10-4-9-17-14-15-7-3-8-16-14;/h1-2,5-6,11H,3-4,7-10H2,(H2,15,16,17);1H. The molecule has 0 saturated heterocycles. The van der Waals surface area contributed by atoms with E-state index in [4.69, 9.17) is 0 Å². The Morgan fingerprint density at radius 2 is 2.20 bits per heavy atom. The van der Waals surface area contributed by atoms with E-state index in [1.807, 2.05) is 18.5 Å². The fourth-order valence-electron chi connectivity index (χ4n) is 2.30. The fourth-order valence-corrected chi connectivity index (χ4v) is 2.30. The Labute approximate surface area is 135 Å². The highest BCUT2D eigenvalue weighted by Crippen LogP contribution is 2.11. The number of aliphatic imine (C=N–C) groups is 1. The SMILES string of the molecule is I.c1ccc2c(c1)ncn2CCCNC1=NCCCN1. The number of halogens is 1. The molecule has 1 aliphatic rings. The molecule has 6 heteroatoms. The average molecular weight is 385 g/mol. The molecule has 0 unspecified atom stereocenters. The first-order valence-electron chi connectivity index (χ1n) is 6.85. The predicted molar refractivity (Wildman–Crippen MR) is 92.7 cm³/mol. The van der Waals surface area contributed by atoms with Gasteiger partial charge in [0.15, 0.2) is 5.96 Å². The molecule has 0 bridgehead atoms. The van der Waals surface area contributed by atoms with Crippen LogP contribution in [-0.2, 0) is 6.54 Å². The molecule has 0 aliphatic carbocycles. The molecule has 1 aliphatic heterocycles. The molecule has 5 nitrogen and oxygen atoms in total. The van der Waals surface area contributed by atoms with E-state index in [0.717, 1.165) is 50.5 Å². The highest BCUT2D eigenvalue weighted by atomic mass is 127. The molecular weight excluding hydrogens is 365 g/mol. The quantitative estimate of drug-likeness (QED) is 0.625. The minimum atomic E-state index is 0. The monoisotopic (exact) mass is 385 g/mol. The molecule has 1 aromatic carbocycles. The maximum atomic E-state index is 4.39. The Morgan fingerprint density at radius 3 is 3.05 bits per heavy atom. The third kappa shape index (κ3) is 3.62. The third-order valence-electron chi connectivity index (χ3n) is 3.29. The largest absolute Gasteiger partial charge is 0.356 e. The smallest absolute Gasteiger partial charge is 0.191 e. The van der Waals surface area contributed by atoms with Crippen molar-refractivity contribution in [2.75, 3.05) is 19.6 Å². The summed E-state index contributed by atoms with van der Waals surface area (Å²) < 4.78 is 2.20. The normalized spacial score (nSPS) is 14.3. The number of fused-ring (bicyclic) bond motifs is 1. The van der Waals surface area contributed by atoms with Gasteiger partial charge in [-0.1, -0.05) is 12.1 Å². The lowest BCUT2D eigenvalue weighted by molar-refractivity contribution is 0.627. The fraction of sp³-hybridized carbons (Fsp3) is 0.429. The highest BCUT2D eigenvalue weighted by Gasteiger charge is 2.03. The van der Waals surface area contributed by atoms with Gasteiger partial charge in [0.05, 0.1) is 17.4 Å². The first-order chi connectivity index (χ1) is 9.43. The summed E-state index contributed by atoms with van der Waals surface area (Å²) in [5.74, 6) is 0.946. The molecule has 2 N–H and O–H groups in total. The molecule has 0 saturated carbocycles. The molecule has 1 aromatic heterocycles. The van der Waals surface area contributed by atoms with Crippen molar-refractivity contribution in [2.45, 2.75) is 19.4 Å². The second kappa shape index (κ2) is 7.47. The number of nitrogens with zero attached hydrogens (tertiary/aromatic N) is 3. The van der Waals surface area contributed by atoms with Gasteiger partial charge in [-0.2, -0.15) is 0 Å². The van der Waals surface area contributed by atoms with E-state index < -0.39 is 0 Å². The molecule has 3 rings (SSSR count). The molecular formula is C14H20IN5. The van der Waals surface area contributed by atoms with Crippen LogP contribution < -0.4 is 10.6 Å². The van der Waals surface area contributed by atoms with Crippen LogP contribution in [0.15, 0.2) is 35.6 Å². The van der Waals surface area contributed by atoms with Gasteiger partial charge in [-0.3, -0.25) is 4.99 Å². The van der Waals surface area contributed by atoms with Gasteiger partial charge in [-0.25, -0.2) is 4.98 Å². The van der Waals surface area contributed by atoms with Crippen LogP contribution in [0.4, 0.5) is 0 Å². The zero-order chi connectivity index (χ0) is 12.9. The topological polar surface area (TPSA) is 54.2 Å².